The van der Waals surface area contributed by atoms with Crippen LogP contribution in [0.5, 0.6) is 5.75 Å². The van der Waals surface area contributed by atoms with Gasteiger partial charge in [0.25, 0.3) is 11.1 Å². The average Bonchev–Trinajstić information content (AvgIpc) is 3.07. The number of benzene rings is 3. The zero-order valence-electron chi connectivity index (χ0n) is 17.2. The summed E-state index contributed by atoms with van der Waals surface area (Å²) in [4.78, 5) is 37.3. The molecular weight excluding hydrogens is 445 g/mol. The van der Waals surface area contributed by atoms with Gasteiger partial charge in [-0.3, -0.25) is 14.5 Å². The summed E-state index contributed by atoms with van der Waals surface area (Å²) in [5, 5.41) is 8.53. The highest BCUT2D eigenvalue weighted by Crippen LogP contribution is 2.34. The fraction of sp³-hybridized carbons (Fsp3) is 0.0800. The van der Waals surface area contributed by atoms with Crippen molar-refractivity contribution in [2.45, 2.75) is 13.2 Å². The Kier molecular flexibility index (Phi) is 6.55. The minimum absolute atomic E-state index is 0.0164. The maximum Gasteiger partial charge on any atom is 0.335 e. The Bertz CT molecular complexity index is 1240. The fourth-order valence-electron chi connectivity index (χ4n) is 3.18. The lowest BCUT2D eigenvalue weighted by atomic mass is 10.1. The molecule has 166 valence electrons. The second-order valence-electron chi connectivity index (χ2n) is 7.23. The third kappa shape index (κ3) is 5.30. The molecule has 1 aliphatic heterocycles. The van der Waals surface area contributed by atoms with Crippen LogP contribution in [0.25, 0.3) is 6.08 Å². The van der Waals surface area contributed by atoms with Gasteiger partial charge in [-0.15, -0.1) is 0 Å². The molecule has 0 aliphatic carbocycles. The van der Waals surface area contributed by atoms with E-state index >= 15 is 0 Å². The molecule has 0 unspecified atom stereocenters. The van der Waals surface area contributed by atoms with Crippen LogP contribution in [0, 0.1) is 5.82 Å². The molecule has 33 heavy (non-hydrogen) atoms. The van der Waals surface area contributed by atoms with Crippen LogP contribution >= 0.6 is 11.8 Å². The number of aromatic carboxylic acids is 1. The number of imide groups is 1. The Hall–Kier alpha value is -3.91. The van der Waals surface area contributed by atoms with E-state index in [-0.39, 0.29) is 29.4 Å². The van der Waals surface area contributed by atoms with E-state index in [2.05, 4.69) is 0 Å². The first-order valence-electron chi connectivity index (χ1n) is 9.94. The first-order valence-corrected chi connectivity index (χ1v) is 10.8. The van der Waals surface area contributed by atoms with Gasteiger partial charge in [0.1, 0.15) is 6.61 Å². The van der Waals surface area contributed by atoms with Crippen LogP contribution in [0.1, 0.15) is 27.0 Å². The SMILES string of the molecule is O=C(O)c1ccc(CN2C(=O)S/C(=C\c3ccc(OCc4ccccc4)c(F)c3)C2=O)cc1. The van der Waals surface area contributed by atoms with E-state index in [0.29, 0.717) is 11.1 Å². The van der Waals surface area contributed by atoms with Gasteiger partial charge in [-0.05, 0) is 58.8 Å². The maximum atomic E-state index is 14.5. The normalized spacial score (nSPS) is 14.7. The number of carbonyl (C=O) groups is 3. The Morgan fingerprint density at radius 1 is 1.00 bits per heavy atom. The summed E-state index contributed by atoms with van der Waals surface area (Å²) in [6.07, 6.45) is 1.46. The Morgan fingerprint density at radius 2 is 1.73 bits per heavy atom. The lowest BCUT2D eigenvalue weighted by Crippen LogP contribution is -2.27. The van der Waals surface area contributed by atoms with Crippen molar-refractivity contribution < 1.29 is 28.6 Å². The lowest BCUT2D eigenvalue weighted by molar-refractivity contribution is -0.123. The number of halogens is 1. The van der Waals surface area contributed by atoms with E-state index in [0.717, 1.165) is 22.2 Å². The molecule has 3 aromatic rings. The van der Waals surface area contributed by atoms with Crippen molar-refractivity contribution in [2.75, 3.05) is 0 Å². The Balaban J connectivity index is 1.44. The molecule has 0 spiro atoms. The number of nitrogens with zero attached hydrogens (tertiary/aromatic N) is 1. The van der Waals surface area contributed by atoms with Gasteiger partial charge >= 0.3 is 5.97 Å². The van der Waals surface area contributed by atoms with Gasteiger partial charge in [-0.25, -0.2) is 9.18 Å². The molecule has 0 radical (unpaired) electrons. The van der Waals surface area contributed by atoms with Gasteiger partial charge in [0.2, 0.25) is 0 Å². The van der Waals surface area contributed by atoms with Crippen molar-refractivity contribution in [2.24, 2.45) is 0 Å². The lowest BCUT2D eigenvalue weighted by Gasteiger charge is -2.12. The number of hydrogen-bond donors (Lipinski definition) is 1. The van der Waals surface area contributed by atoms with Crippen LogP contribution in [0.4, 0.5) is 9.18 Å². The molecule has 8 heteroatoms. The highest BCUT2D eigenvalue weighted by molar-refractivity contribution is 8.18. The van der Waals surface area contributed by atoms with Crippen molar-refractivity contribution in [3.63, 3.8) is 0 Å². The van der Waals surface area contributed by atoms with Gasteiger partial charge in [0.15, 0.2) is 11.6 Å². The Labute approximate surface area is 193 Å². The molecule has 4 rings (SSSR count). The van der Waals surface area contributed by atoms with Crippen molar-refractivity contribution in [3.05, 3.63) is 106 Å². The van der Waals surface area contributed by atoms with Gasteiger partial charge < -0.3 is 9.84 Å². The van der Waals surface area contributed by atoms with Crippen molar-refractivity contribution in [1.29, 1.82) is 0 Å². The minimum atomic E-state index is -1.06. The number of rotatable bonds is 7. The van der Waals surface area contributed by atoms with Crippen LogP contribution in [-0.4, -0.2) is 27.1 Å². The summed E-state index contributed by atoms with van der Waals surface area (Å²) in [6, 6.07) is 19.7. The standard InChI is InChI=1S/C25H18FNO5S/c26-20-12-18(8-11-21(20)32-15-17-4-2-1-3-5-17)13-22-23(28)27(25(31)33-22)14-16-6-9-19(10-7-16)24(29)30/h1-13H,14-15H2,(H,29,30)/b22-13-. The average molecular weight is 463 g/mol. The summed E-state index contributed by atoms with van der Waals surface area (Å²) >= 11 is 0.772. The highest BCUT2D eigenvalue weighted by atomic mass is 32.2. The number of hydrogen-bond acceptors (Lipinski definition) is 5. The van der Waals surface area contributed by atoms with Crippen LogP contribution in [0.3, 0.4) is 0 Å². The third-order valence-electron chi connectivity index (χ3n) is 4.91. The van der Waals surface area contributed by atoms with E-state index < -0.39 is 22.9 Å². The number of thioether (sulfide) groups is 1. The first kappa shape index (κ1) is 22.3. The van der Waals surface area contributed by atoms with E-state index in [1.807, 2.05) is 30.3 Å². The molecule has 2 amide bonds. The monoisotopic (exact) mass is 463 g/mol. The smallest absolute Gasteiger partial charge is 0.335 e. The molecule has 0 bridgehead atoms. The molecule has 0 atom stereocenters. The summed E-state index contributed by atoms with van der Waals surface area (Å²) in [5.41, 5.74) is 2.07. The quantitative estimate of drug-likeness (QED) is 0.476. The van der Waals surface area contributed by atoms with E-state index in [1.54, 1.807) is 18.2 Å². The van der Waals surface area contributed by atoms with Gasteiger partial charge in [-0.2, -0.15) is 0 Å². The van der Waals surface area contributed by atoms with Crippen LogP contribution in [0.2, 0.25) is 0 Å². The molecule has 1 N–H and O–H groups in total. The van der Waals surface area contributed by atoms with Crippen LogP contribution in [-0.2, 0) is 17.9 Å². The summed E-state index contributed by atoms with van der Waals surface area (Å²) < 4.78 is 20.0. The van der Waals surface area contributed by atoms with Gasteiger partial charge in [0, 0.05) is 0 Å². The number of amides is 2. The minimum Gasteiger partial charge on any atom is -0.486 e. The molecule has 1 heterocycles. The second kappa shape index (κ2) is 9.70. The number of carbonyl (C=O) groups excluding carboxylic acids is 2. The summed E-state index contributed by atoms with van der Waals surface area (Å²) in [7, 11) is 0. The molecule has 1 fully saturated rings. The molecule has 1 saturated heterocycles. The topological polar surface area (TPSA) is 83.9 Å². The highest BCUT2D eigenvalue weighted by Gasteiger charge is 2.35. The van der Waals surface area contributed by atoms with E-state index in [1.165, 1.54) is 30.3 Å². The van der Waals surface area contributed by atoms with Crippen LogP contribution < -0.4 is 4.74 Å². The summed E-state index contributed by atoms with van der Waals surface area (Å²) in [6.45, 7) is 0.242. The number of carboxylic acid groups (broad SMARTS) is 1. The van der Waals surface area contributed by atoms with Crippen molar-refractivity contribution in [3.8, 4) is 5.75 Å². The molecule has 6 nitrogen and oxygen atoms in total. The zero-order valence-corrected chi connectivity index (χ0v) is 18.0. The Morgan fingerprint density at radius 3 is 2.39 bits per heavy atom. The predicted molar refractivity (Wildman–Crippen MR) is 122 cm³/mol. The first-order chi connectivity index (χ1) is 15.9. The number of ether oxygens (including phenoxy) is 1. The van der Waals surface area contributed by atoms with Crippen molar-refractivity contribution in [1.82, 2.24) is 4.90 Å². The molecule has 0 aromatic heterocycles. The maximum absolute atomic E-state index is 14.5. The van der Waals surface area contributed by atoms with Crippen molar-refractivity contribution >= 4 is 35.0 Å². The molecule has 1 aliphatic rings. The third-order valence-corrected chi connectivity index (χ3v) is 5.81. The van der Waals surface area contributed by atoms with E-state index in [9.17, 15) is 18.8 Å². The second-order valence-corrected chi connectivity index (χ2v) is 8.23. The zero-order chi connectivity index (χ0) is 23.4. The number of carboxylic acids is 1. The summed E-state index contributed by atoms with van der Waals surface area (Å²) in [5.74, 6) is -2.03. The molecule has 0 saturated carbocycles. The van der Waals surface area contributed by atoms with E-state index in [4.69, 9.17) is 9.84 Å². The predicted octanol–water partition coefficient (Wildman–Crippen LogP) is 5.34. The van der Waals surface area contributed by atoms with Gasteiger partial charge in [-0.1, -0.05) is 48.5 Å². The largest absolute Gasteiger partial charge is 0.486 e. The molecular formula is C25H18FNO5S. The molecule has 3 aromatic carbocycles. The van der Waals surface area contributed by atoms with Crippen LogP contribution in [0.15, 0.2) is 77.7 Å². The fourth-order valence-corrected chi connectivity index (χ4v) is 4.02. The van der Waals surface area contributed by atoms with Gasteiger partial charge in [0.05, 0.1) is 17.0 Å².